The standard InChI is InChI=1S/C25H22ClN3O3/c1-31-18-7-2-15(3-8-18)24-23-20(21-14-17(27)6-11-22(21)28-23)12-13-29(24)25(30)32-19-9-4-16(26)5-10-19/h2-11,14,24,28H,12-13,27H2,1H3. The first-order valence-electron chi connectivity index (χ1n) is 10.3. The second-order valence-corrected chi connectivity index (χ2v) is 8.20. The molecule has 162 valence electrons. The Morgan fingerprint density at radius 1 is 1.06 bits per heavy atom. The van der Waals surface area contributed by atoms with Crippen LogP contribution >= 0.6 is 11.6 Å². The van der Waals surface area contributed by atoms with Gasteiger partial charge in [-0.15, -0.1) is 0 Å². The van der Waals surface area contributed by atoms with Gasteiger partial charge in [-0.25, -0.2) is 4.79 Å². The summed E-state index contributed by atoms with van der Waals surface area (Å²) in [6.45, 7) is 0.512. The third-order valence-corrected chi connectivity index (χ3v) is 6.09. The topological polar surface area (TPSA) is 80.6 Å². The fourth-order valence-electron chi connectivity index (χ4n) is 4.30. The highest BCUT2D eigenvalue weighted by molar-refractivity contribution is 6.30. The lowest BCUT2D eigenvalue weighted by atomic mass is 9.92. The van der Waals surface area contributed by atoms with E-state index in [0.29, 0.717) is 29.4 Å². The molecule has 1 aliphatic rings. The molecule has 0 saturated carbocycles. The average molecular weight is 448 g/mol. The number of aromatic amines is 1. The van der Waals surface area contributed by atoms with Gasteiger partial charge in [0.2, 0.25) is 0 Å². The van der Waals surface area contributed by atoms with Crippen LogP contribution in [-0.2, 0) is 6.42 Å². The summed E-state index contributed by atoms with van der Waals surface area (Å²) in [4.78, 5) is 18.5. The van der Waals surface area contributed by atoms with Crippen molar-refractivity contribution in [3.63, 3.8) is 0 Å². The molecule has 3 aromatic carbocycles. The van der Waals surface area contributed by atoms with E-state index < -0.39 is 6.09 Å². The quantitative estimate of drug-likeness (QED) is 0.403. The summed E-state index contributed by atoms with van der Waals surface area (Å²) < 4.78 is 11.0. The lowest BCUT2D eigenvalue weighted by molar-refractivity contribution is 0.135. The van der Waals surface area contributed by atoms with Crippen LogP contribution in [0.25, 0.3) is 10.9 Å². The minimum atomic E-state index is -0.419. The van der Waals surface area contributed by atoms with Crippen LogP contribution < -0.4 is 15.2 Å². The Hall–Kier alpha value is -3.64. The number of amides is 1. The van der Waals surface area contributed by atoms with Crippen LogP contribution in [0.5, 0.6) is 11.5 Å². The number of ether oxygens (including phenoxy) is 2. The maximum atomic E-state index is 13.3. The molecule has 0 fully saturated rings. The lowest BCUT2D eigenvalue weighted by Crippen LogP contribution is -2.42. The van der Waals surface area contributed by atoms with Crippen LogP contribution in [0.1, 0.15) is 22.9 Å². The number of benzene rings is 3. The Kier molecular flexibility index (Phi) is 5.15. The van der Waals surface area contributed by atoms with Gasteiger partial charge in [0.1, 0.15) is 17.5 Å². The number of nitrogen functional groups attached to an aromatic ring is 1. The van der Waals surface area contributed by atoms with Crippen molar-refractivity contribution in [2.45, 2.75) is 12.5 Å². The molecule has 2 heterocycles. The van der Waals surface area contributed by atoms with Crippen molar-refractivity contribution in [1.29, 1.82) is 0 Å². The number of rotatable bonds is 3. The summed E-state index contributed by atoms with van der Waals surface area (Å²) in [5.41, 5.74) is 10.8. The first-order valence-corrected chi connectivity index (χ1v) is 10.7. The van der Waals surface area contributed by atoms with E-state index in [0.717, 1.165) is 27.9 Å². The molecule has 1 atom stereocenters. The van der Waals surface area contributed by atoms with Gasteiger partial charge in [0, 0.05) is 33.9 Å². The summed E-state index contributed by atoms with van der Waals surface area (Å²) in [5.74, 6) is 1.20. The van der Waals surface area contributed by atoms with Crippen LogP contribution in [0.3, 0.4) is 0 Å². The molecule has 0 spiro atoms. The molecule has 1 aliphatic heterocycles. The minimum absolute atomic E-state index is 0.335. The molecule has 0 saturated heterocycles. The fraction of sp³-hybridized carbons (Fsp3) is 0.160. The SMILES string of the molecule is COc1ccc(C2c3[nH]c4ccc(N)cc4c3CCN2C(=O)Oc2ccc(Cl)cc2)cc1. The van der Waals surface area contributed by atoms with Crippen LogP contribution in [-0.4, -0.2) is 29.6 Å². The molecule has 1 amide bonds. The largest absolute Gasteiger partial charge is 0.497 e. The molecule has 5 rings (SSSR count). The number of H-pyrrole nitrogens is 1. The molecular formula is C25H22ClN3O3. The van der Waals surface area contributed by atoms with E-state index in [1.54, 1.807) is 36.3 Å². The van der Waals surface area contributed by atoms with E-state index in [9.17, 15) is 4.79 Å². The molecule has 3 N–H and O–H groups in total. The average Bonchev–Trinajstić information content (AvgIpc) is 3.18. The number of hydrogen-bond acceptors (Lipinski definition) is 4. The summed E-state index contributed by atoms with van der Waals surface area (Å²) in [6.07, 6.45) is 0.276. The smallest absolute Gasteiger partial charge is 0.416 e. The van der Waals surface area contributed by atoms with Crippen LogP contribution in [0.4, 0.5) is 10.5 Å². The van der Waals surface area contributed by atoms with Gasteiger partial charge in [0.25, 0.3) is 0 Å². The zero-order valence-corrected chi connectivity index (χ0v) is 18.2. The maximum Gasteiger partial charge on any atom is 0.416 e. The van der Waals surface area contributed by atoms with Gasteiger partial charge in [0.05, 0.1) is 7.11 Å². The molecular weight excluding hydrogens is 426 g/mol. The number of methoxy groups -OCH3 is 1. The third-order valence-electron chi connectivity index (χ3n) is 5.84. The second-order valence-electron chi connectivity index (χ2n) is 7.76. The molecule has 1 unspecified atom stereocenters. The highest BCUT2D eigenvalue weighted by Crippen LogP contribution is 2.39. The van der Waals surface area contributed by atoms with Gasteiger partial charge < -0.3 is 20.2 Å². The van der Waals surface area contributed by atoms with E-state index >= 15 is 0 Å². The van der Waals surface area contributed by atoms with Crippen molar-refractivity contribution in [2.75, 3.05) is 19.4 Å². The van der Waals surface area contributed by atoms with Crippen molar-refractivity contribution in [1.82, 2.24) is 9.88 Å². The van der Waals surface area contributed by atoms with Gasteiger partial charge >= 0.3 is 6.09 Å². The lowest BCUT2D eigenvalue weighted by Gasteiger charge is -2.35. The van der Waals surface area contributed by atoms with Gasteiger partial charge in [0.15, 0.2) is 0 Å². The minimum Gasteiger partial charge on any atom is -0.497 e. The van der Waals surface area contributed by atoms with Crippen molar-refractivity contribution in [2.24, 2.45) is 0 Å². The molecule has 0 radical (unpaired) electrons. The monoisotopic (exact) mass is 447 g/mol. The number of fused-ring (bicyclic) bond motifs is 3. The van der Waals surface area contributed by atoms with Crippen molar-refractivity contribution < 1.29 is 14.3 Å². The molecule has 1 aromatic heterocycles. The second kappa shape index (κ2) is 8.13. The maximum absolute atomic E-state index is 13.3. The van der Waals surface area contributed by atoms with E-state index in [2.05, 4.69) is 4.98 Å². The normalized spacial score (nSPS) is 15.4. The Labute approximate surface area is 190 Å². The van der Waals surface area contributed by atoms with Crippen molar-refractivity contribution in [3.05, 3.63) is 88.6 Å². The number of carbonyl (C=O) groups excluding carboxylic acids is 1. The molecule has 7 heteroatoms. The third kappa shape index (κ3) is 3.63. The van der Waals surface area contributed by atoms with Gasteiger partial charge in [-0.2, -0.15) is 0 Å². The van der Waals surface area contributed by atoms with Gasteiger partial charge in [-0.05, 0) is 72.1 Å². The highest BCUT2D eigenvalue weighted by atomic mass is 35.5. The first kappa shape index (κ1) is 20.3. The van der Waals surface area contributed by atoms with Crippen molar-refractivity contribution in [3.8, 4) is 11.5 Å². The van der Waals surface area contributed by atoms with E-state index in [1.807, 2.05) is 42.5 Å². The summed E-state index contributed by atoms with van der Waals surface area (Å²) in [7, 11) is 1.63. The van der Waals surface area contributed by atoms with E-state index in [1.165, 1.54) is 5.56 Å². The number of nitrogens with two attached hydrogens (primary N) is 1. The molecule has 32 heavy (non-hydrogen) atoms. The molecule has 0 aliphatic carbocycles. The molecule has 6 nitrogen and oxygen atoms in total. The Bertz CT molecular complexity index is 1280. The van der Waals surface area contributed by atoms with Crippen molar-refractivity contribution >= 4 is 34.3 Å². The summed E-state index contributed by atoms with van der Waals surface area (Å²) in [5, 5.41) is 1.67. The Morgan fingerprint density at radius 3 is 2.50 bits per heavy atom. The first-order chi connectivity index (χ1) is 15.5. The fourth-order valence-corrected chi connectivity index (χ4v) is 4.42. The Morgan fingerprint density at radius 2 is 1.78 bits per heavy atom. The van der Waals surface area contributed by atoms with Crippen LogP contribution in [0.2, 0.25) is 5.02 Å². The number of carbonyl (C=O) groups is 1. The van der Waals surface area contributed by atoms with E-state index in [-0.39, 0.29) is 6.04 Å². The number of nitrogens with one attached hydrogen (secondary N) is 1. The number of aromatic nitrogens is 1. The van der Waals surface area contributed by atoms with Gasteiger partial charge in [-0.1, -0.05) is 23.7 Å². The number of hydrogen-bond donors (Lipinski definition) is 2. The van der Waals surface area contributed by atoms with Crippen LogP contribution in [0.15, 0.2) is 66.7 Å². The predicted molar refractivity (Wildman–Crippen MR) is 125 cm³/mol. The molecule has 0 bridgehead atoms. The van der Waals surface area contributed by atoms with E-state index in [4.69, 9.17) is 26.8 Å². The Balaban J connectivity index is 1.57. The highest BCUT2D eigenvalue weighted by Gasteiger charge is 2.35. The number of halogens is 1. The summed E-state index contributed by atoms with van der Waals surface area (Å²) in [6, 6.07) is 20.0. The summed E-state index contributed by atoms with van der Waals surface area (Å²) >= 11 is 5.96. The van der Waals surface area contributed by atoms with Gasteiger partial charge in [-0.3, -0.25) is 4.90 Å². The number of nitrogens with zero attached hydrogens (tertiary/aromatic N) is 1. The number of anilines is 1. The zero-order chi connectivity index (χ0) is 22.2. The molecule has 4 aromatic rings. The van der Waals surface area contributed by atoms with Crippen LogP contribution in [0, 0.1) is 0 Å². The zero-order valence-electron chi connectivity index (χ0n) is 17.5. The predicted octanol–water partition coefficient (Wildman–Crippen LogP) is 5.56.